The molecule has 6 nitrogen and oxygen atoms in total. The third kappa shape index (κ3) is 5.58. The second-order valence-corrected chi connectivity index (χ2v) is 9.09. The molecule has 0 radical (unpaired) electrons. The standard InChI is InChI=1S/C28H26N2O4S/c1-17(27(31)32)20-9-11-22(12-10-20)23-13-15-24(16-14-23)26-25(18(2)30-35-26)29-28(33)34-19(3)21-7-5-4-6-8-21/h4-17,19H,1-3H3,(H,29,33)(H,31,32). The predicted octanol–water partition coefficient (Wildman–Crippen LogP) is 7.28. The van der Waals surface area contributed by atoms with Crippen molar-refractivity contribution in [1.29, 1.82) is 0 Å². The van der Waals surface area contributed by atoms with Crippen LogP contribution in [0.2, 0.25) is 0 Å². The van der Waals surface area contributed by atoms with E-state index in [0.29, 0.717) is 5.69 Å². The SMILES string of the molecule is Cc1nsc(-c2ccc(-c3ccc(C(C)C(=O)O)cc3)cc2)c1NC(=O)OC(C)c1ccccc1. The first-order valence-electron chi connectivity index (χ1n) is 11.3. The number of carbonyl (C=O) groups excluding carboxylic acids is 1. The minimum atomic E-state index is -0.843. The summed E-state index contributed by atoms with van der Waals surface area (Å²) in [5, 5.41) is 12.1. The summed E-state index contributed by atoms with van der Waals surface area (Å²) in [5.41, 5.74) is 5.99. The van der Waals surface area contributed by atoms with Crippen molar-refractivity contribution in [3.05, 3.63) is 95.7 Å². The number of rotatable bonds is 7. The summed E-state index contributed by atoms with van der Waals surface area (Å²) in [4.78, 5) is 24.6. The first kappa shape index (κ1) is 24.2. The molecule has 2 N–H and O–H groups in total. The van der Waals surface area contributed by atoms with Gasteiger partial charge >= 0.3 is 12.1 Å². The zero-order chi connectivity index (χ0) is 24.9. The maximum absolute atomic E-state index is 12.6. The quantitative estimate of drug-likeness (QED) is 0.286. The zero-order valence-corrected chi connectivity index (χ0v) is 20.5. The summed E-state index contributed by atoms with van der Waals surface area (Å²) in [7, 11) is 0. The molecule has 2 atom stereocenters. The molecule has 0 aliphatic heterocycles. The Labute approximate surface area is 208 Å². The van der Waals surface area contributed by atoms with E-state index < -0.39 is 18.0 Å². The molecular formula is C28H26N2O4S. The molecule has 1 aromatic heterocycles. The van der Waals surface area contributed by atoms with Gasteiger partial charge in [0.15, 0.2) is 0 Å². The highest BCUT2D eigenvalue weighted by atomic mass is 32.1. The number of nitrogens with zero attached hydrogens (tertiary/aromatic N) is 1. The van der Waals surface area contributed by atoms with Crippen molar-refractivity contribution in [2.45, 2.75) is 32.8 Å². The molecule has 1 amide bonds. The Bertz CT molecular complexity index is 1320. The lowest BCUT2D eigenvalue weighted by Gasteiger charge is -2.15. The Balaban J connectivity index is 1.48. The first-order valence-corrected chi connectivity index (χ1v) is 12.0. The Morgan fingerprint density at radius 3 is 2.03 bits per heavy atom. The van der Waals surface area contributed by atoms with E-state index in [0.717, 1.165) is 38.4 Å². The van der Waals surface area contributed by atoms with Crippen LogP contribution in [0.3, 0.4) is 0 Å². The number of amides is 1. The monoisotopic (exact) mass is 486 g/mol. The molecule has 2 unspecified atom stereocenters. The number of aromatic nitrogens is 1. The minimum Gasteiger partial charge on any atom is -0.481 e. The van der Waals surface area contributed by atoms with Gasteiger partial charge in [0.2, 0.25) is 0 Å². The average Bonchev–Trinajstić information content (AvgIpc) is 3.23. The molecule has 0 spiro atoms. The van der Waals surface area contributed by atoms with E-state index in [1.807, 2.05) is 92.7 Å². The Kier molecular flexibility index (Phi) is 7.27. The third-order valence-electron chi connectivity index (χ3n) is 5.90. The summed E-state index contributed by atoms with van der Waals surface area (Å²) in [5.74, 6) is -1.39. The fourth-order valence-electron chi connectivity index (χ4n) is 3.72. The van der Waals surface area contributed by atoms with Crippen LogP contribution in [0.4, 0.5) is 10.5 Å². The third-order valence-corrected chi connectivity index (χ3v) is 6.89. The molecule has 1 heterocycles. The van der Waals surface area contributed by atoms with Crippen LogP contribution in [-0.2, 0) is 9.53 Å². The van der Waals surface area contributed by atoms with Crippen LogP contribution in [0.5, 0.6) is 0 Å². The zero-order valence-electron chi connectivity index (χ0n) is 19.7. The fourth-order valence-corrected chi connectivity index (χ4v) is 4.57. The summed E-state index contributed by atoms with van der Waals surface area (Å²) >= 11 is 1.32. The van der Waals surface area contributed by atoms with Crippen LogP contribution in [0.25, 0.3) is 21.6 Å². The van der Waals surface area contributed by atoms with Crippen LogP contribution in [-0.4, -0.2) is 21.5 Å². The summed E-state index contributed by atoms with van der Waals surface area (Å²) in [6.07, 6.45) is -0.908. The first-order chi connectivity index (χ1) is 16.8. The van der Waals surface area contributed by atoms with Gasteiger partial charge in [0.05, 0.1) is 22.2 Å². The van der Waals surface area contributed by atoms with E-state index in [2.05, 4.69) is 9.69 Å². The Hall–Kier alpha value is -3.97. The van der Waals surface area contributed by atoms with E-state index >= 15 is 0 Å². The lowest BCUT2D eigenvalue weighted by atomic mass is 9.97. The fraction of sp³-hybridized carbons (Fsp3) is 0.179. The largest absolute Gasteiger partial charge is 0.481 e. The van der Waals surface area contributed by atoms with E-state index in [1.54, 1.807) is 6.92 Å². The van der Waals surface area contributed by atoms with Gasteiger partial charge in [0, 0.05) is 0 Å². The van der Waals surface area contributed by atoms with Crippen molar-refractivity contribution in [1.82, 2.24) is 4.37 Å². The molecule has 0 fully saturated rings. The van der Waals surface area contributed by atoms with Gasteiger partial charge in [-0.2, -0.15) is 4.37 Å². The van der Waals surface area contributed by atoms with Gasteiger partial charge in [0.25, 0.3) is 0 Å². The number of hydrogen-bond donors (Lipinski definition) is 2. The van der Waals surface area contributed by atoms with Gasteiger partial charge < -0.3 is 9.84 Å². The number of benzene rings is 3. The molecule has 0 bridgehead atoms. The van der Waals surface area contributed by atoms with Gasteiger partial charge in [-0.05, 0) is 60.1 Å². The number of hydrogen-bond acceptors (Lipinski definition) is 5. The topological polar surface area (TPSA) is 88.5 Å². The number of aliphatic carboxylic acids is 1. The number of nitrogens with one attached hydrogen (secondary N) is 1. The molecule has 3 aromatic carbocycles. The minimum absolute atomic E-state index is 0.379. The second-order valence-electron chi connectivity index (χ2n) is 8.31. The highest BCUT2D eigenvalue weighted by Gasteiger charge is 2.18. The second kappa shape index (κ2) is 10.5. The van der Waals surface area contributed by atoms with E-state index in [9.17, 15) is 14.7 Å². The van der Waals surface area contributed by atoms with Gasteiger partial charge in [-0.3, -0.25) is 10.1 Å². The highest BCUT2D eigenvalue weighted by Crippen LogP contribution is 2.36. The van der Waals surface area contributed by atoms with Crippen LogP contribution in [0.1, 0.15) is 42.7 Å². The number of anilines is 1. The predicted molar refractivity (Wildman–Crippen MR) is 139 cm³/mol. The number of carboxylic acids is 1. The summed E-state index contributed by atoms with van der Waals surface area (Å²) < 4.78 is 9.99. The van der Waals surface area contributed by atoms with Crippen LogP contribution in [0, 0.1) is 6.92 Å². The van der Waals surface area contributed by atoms with Gasteiger partial charge in [-0.15, -0.1) is 0 Å². The van der Waals surface area contributed by atoms with Crippen molar-refractivity contribution in [3.8, 4) is 21.6 Å². The molecule has 0 saturated carbocycles. The highest BCUT2D eigenvalue weighted by molar-refractivity contribution is 7.10. The average molecular weight is 487 g/mol. The smallest absolute Gasteiger partial charge is 0.412 e. The molecule has 0 saturated heterocycles. The van der Waals surface area contributed by atoms with Gasteiger partial charge in [-0.1, -0.05) is 78.9 Å². The van der Waals surface area contributed by atoms with E-state index in [4.69, 9.17) is 4.74 Å². The molecule has 4 rings (SSSR count). The number of carboxylic acid groups (broad SMARTS) is 1. The van der Waals surface area contributed by atoms with Crippen molar-refractivity contribution >= 4 is 29.3 Å². The normalized spacial score (nSPS) is 12.5. The van der Waals surface area contributed by atoms with Crippen molar-refractivity contribution < 1.29 is 19.4 Å². The summed E-state index contributed by atoms with van der Waals surface area (Å²) in [6.45, 7) is 5.36. The lowest BCUT2D eigenvalue weighted by Crippen LogP contribution is -2.16. The van der Waals surface area contributed by atoms with Crippen molar-refractivity contribution in [2.24, 2.45) is 0 Å². The van der Waals surface area contributed by atoms with E-state index in [1.165, 1.54) is 11.5 Å². The van der Waals surface area contributed by atoms with E-state index in [-0.39, 0.29) is 6.10 Å². The number of aryl methyl sites for hydroxylation is 1. The molecule has 178 valence electrons. The maximum Gasteiger partial charge on any atom is 0.412 e. The van der Waals surface area contributed by atoms with Crippen molar-refractivity contribution in [3.63, 3.8) is 0 Å². The maximum atomic E-state index is 12.6. The van der Waals surface area contributed by atoms with Crippen LogP contribution >= 0.6 is 11.5 Å². The van der Waals surface area contributed by atoms with Gasteiger partial charge in [-0.25, -0.2) is 4.79 Å². The van der Waals surface area contributed by atoms with Gasteiger partial charge in [0.1, 0.15) is 6.10 Å². The Morgan fingerprint density at radius 1 is 0.857 bits per heavy atom. The molecular weight excluding hydrogens is 460 g/mol. The molecule has 0 aliphatic carbocycles. The molecule has 4 aromatic rings. The van der Waals surface area contributed by atoms with Crippen molar-refractivity contribution in [2.75, 3.05) is 5.32 Å². The van der Waals surface area contributed by atoms with Crippen LogP contribution in [0.15, 0.2) is 78.9 Å². The molecule has 0 aliphatic rings. The summed E-state index contributed by atoms with van der Waals surface area (Å²) in [6, 6.07) is 25.1. The lowest BCUT2D eigenvalue weighted by molar-refractivity contribution is -0.138. The van der Waals surface area contributed by atoms with Crippen LogP contribution < -0.4 is 5.32 Å². The Morgan fingerprint density at radius 2 is 1.43 bits per heavy atom. The number of ether oxygens (including phenoxy) is 1. The molecule has 7 heteroatoms. The molecule has 35 heavy (non-hydrogen) atoms. The number of carbonyl (C=O) groups is 2.